The van der Waals surface area contributed by atoms with Gasteiger partial charge in [-0.3, -0.25) is 19.6 Å². The number of benzene rings is 1. The summed E-state index contributed by atoms with van der Waals surface area (Å²) in [7, 11) is -3.74. The van der Waals surface area contributed by atoms with Gasteiger partial charge in [0, 0.05) is 50.4 Å². The first-order valence-corrected chi connectivity index (χ1v) is 11.3. The zero-order valence-electron chi connectivity index (χ0n) is 16.1. The number of nitro groups is 1. The van der Waals surface area contributed by atoms with Crippen LogP contribution >= 0.6 is 11.6 Å². The van der Waals surface area contributed by atoms with Crippen molar-refractivity contribution in [3.63, 3.8) is 0 Å². The van der Waals surface area contributed by atoms with Crippen molar-refractivity contribution in [2.24, 2.45) is 5.92 Å². The van der Waals surface area contributed by atoms with Gasteiger partial charge in [-0.05, 0) is 31.4 Å². The van der Waals surface area contributed by atoms with E-state index in [-0.39, 0.29) is 35.5 Å². The molecule has 1 saturated heterocycles. The Hall–Kier alpha value is -2.50. The maximum absolute atomic E-state index is 12.7. The Labute approximate surface area is 179 Å². The van der Waals surface area contributed by atoms with E-state index in [0.717, 1.165) is 0 Å². The predicted molar refractivity (Wildman–Crippen MR) is 109 cm³/mol. The molecule has 30 heavy (non-hydrogen) atoms. The van der Waals surface area contributed by atoms with Gasteiger partial charge in [0.05, 0.1) is 21.0 Å². The molecule has 1 aliphatic rings. The summed E-state index contributed by atoms with van der Waals surface area (Å²) in [5, 5.41) is 18.2. The molecule has 1 aliphatic heterocycles. The fourth-order valence-electron chi connectivity index (χ4n) is 3.30. The maximum Gasteiger partial charge on any atom is 0.269 e. The molecule has 1 aromatic heterocycles. The molecule has 12 heteroatoms. The van der Waals surface area contributed by atoms with Crippen molar-refractivity contribution in [2.75, 3.05) is 19.6 Å². The molecular weight excluding hydrogens is 434 g/mol. The van der Waals surface area contributed by atoms with Crippen molar-refractivity contribution in [3.05, 3.63) is 51.8 Å². The number of nitrogens with zero attached hydrogens (tertiary/aromatic N) is 4. The second kappa shape index (κ2) is 9.54. The van der Waals surface area contributed by atoms with Crippen LogP contribution in [0.3, 0.4) is 0 Å². The lowest BCUT2D eigenvalue weighted by molar-refractivity contribution is -0.384. The number of halogens is 1. The Morgan fingerprint density at radius 2 is 1.93 bits per heavy atom. The number of non-ortho nitro benzene ring substituents is 1. The van der Waals surface area contributed by atoms with Gasteiger partial charge in [-0.1, -0.05) is 11.6 Å². The van der Waals surface area contributed by atoms with E-state index in [9.17, 15) is 23.3 Å². The highest BCUT2D eigenvalue weighted by Crippen LogP contribution is 2.25. The molecule has 0 saturated carbocycles. The summed E-state index contributed by atoms with van der Waals surface area (Å²) in [4.78, 5) is 22.5. The lowest BCUT2D eigenvalue weighted by Crippen LogP contribution is -2.43. The van der Waals surface area contributed by atoms with Crippen molar-refractivity contribution < 1.29 is 18.1 Å². The number of hydrogen-bond donors (Lipinski definition) is 1. The zero-order chi connectivity index (χ0) is 21.7. The van der Waals surface area contributed by atoms with E-state index in [1.807, 2.05) is 0 Å². The number of aryl methyl sites for hydroxylation is 1. The standard InChI is InChI=1S/C18H22ClN5O5S/c19-15-12-21-22(13-15)9-1-8-20-18(25)14-6-10-23(11-7-14)30(28,29)17-4-2-16(3-5-17)24(26)27/h2-5,12-14H,1,6-11H2,(H,20,25). The van der Waals surface area contributed by atoms with Gasteiger partial charge in [-0.2, -0.15) is 9.40 Å². The van der Waals surface area contributed by atoms with E-state index >= 15 is 0 Å². The number of aromatic nitrogens is 2. The minimum atomic E-state index is -3.74. The first-order chi connectivity index (χ1) is 14.3. The summed E-state index contributed by atoms with van der Waals surface area (Å²) in [6.07, 6.45) is 4.82. The molecule has 0 aliphatic carbocycles. The van der Waals surface area contributed by atoms with E-state index < -0.39 is 14.9 Å². The van der Waals surface area contributed by atoms with Crippen LogP contribution in [0.5, 0.6) is 0 Å². The van der Waals surface area contributed by atoms with Crippen LogP contribution in [0.1, 0.15) is 19.3 Å². The van der Waals surface area contributed by atoms with Gasteiger partial charge in [0.25, 0.3) is 5.69 Å². The zero-order valence-corrected chi connectivity index (χ0v) is 17.7. The van der Waals surface area contributed by atoms with E-state index in [2.05, 4.69) is 10.4 Å². The lowest BCUT2D eigenvalue weighted by atomic mass is 9.97. The fraction of sp³-hybridized carbons (Fsp3) is 0.444. The third kappa shape index (κ3) is 5.35. The third-order valence-corrected chi connectivity index (χ3v) is 7.08. The van der Waals surface area contributed by atoms with Crippen LogP contribution in [0.2, 0.25) is 5.02 Å². The molecule has 2 heterocycles. The maximum atomic E-state index is 12.7. The molecule has 1 amide bonds. The van der Waals surface area contributed by atoms with Gasteiger partial charge in [-0.25, -0.2) is 8.42 Å². The highest BCUT2D eigenvalue weighted by molar-refractivity contribution is 7.89. The Bertz CT molecular complexity index is 1000. The minimum Gasteiger partial charge on any atom is -0.356 e. The Balaban J connectivity index is 1.46. The summed E-state index contributed by atoms with van der Waals surface area (Å²) in [6, 6.07) is 4.81. The second-order valence-corrected chi connectivity index (χ2v) is 9.37. The average Bonchev–Trinajstić information content (AvgIpc) is 3.16. The van der Waals surface area contributed by atoms with E-state index in [1.54, 1.807) is 17.1 Å². The second-order valence-electron chi connectivity index (χ2n) is 7.00. The predicted octanol–water partition coefficient (Wildman–Crippen LogP) is 2.05. The van der Waals surface area contributed by atoms with Crippen LogP contribution in [0.4, 0.5) is 5.69 Å². The van der Waals surface area contributed by atoms with E-state index in [0.29, 0.717) is 37.4 Å². The summed E-state index contributed by atoms with van der Waals surface area (Å²) in [6.45, 7) is 1.59. The van der Waals surface area contributed by atoms with Gasteiger partial charge in [0.1, 0.15) is 0 Å². The van der Waals surface area contributed by atoms with E-state index in [1.165, 1.54) is 28.6 Å². The monoisotopic (exact) mass is 455 g/mol. The number of hydrogen-bond acceptors (Lipinski definition) is 6. The van der Waals surface area contributed by atoms with Crippen LogP contribution in [-0.4, -0.2) is 53.0 Å². The SMILES string of the molecule is O=C(NCCCn1cc(Cl)cn1)C1CCN(S(=O)(=O)c2ccc([N+](=O)[O-])cc2)CC1. The highest BCUT2D eigenvalue weighted by atomic mass is 35.5. The number of nitrogens with one attached hydrogen (secondary N) is 1. The van der Waals surface area contributed by atoms with Gasteiger partial charge >= 0.3 is 0 Å². The van der Waals surface area contributed by atoms with Crippen molar-refractivity contribution in [1.82, 2.24) is 19.4 Å². The van der Waals surface area contributed by atoms with Crippen LogP contribution in [0, 0.1) is 16.0 Å². The molecule has 0 atom stereocenters. The largest absolute Gasteiger partial charge is 0.356 e. The molecule has 1 fully saturated rings. The molecule has 1 aromatic carbocycles. The third-order valence-electron chi connectivity index (χ3n) is 4.97. The number of piperidine rings is 1. The lowest BCUT2D eigenvalue weighted by Gasteiger charge is -2.30. The van der Waals surface area contributed by atoms with Crippen molar-refractivity contribution in [3.8, 4) is 0 Å². The Kier molecular flexibility index (Phi) is 7.06. The quantitative estimate of drug-likeness (QED) is 0.368. The molecule has 3 rings (SSSR count). The molecule has 0 unspecified atom stereocenters. The minimum absolute atomic E-state index is 0.00901. The Morgan fingerprint density at radius 1 is 1.27 bits per heavy atom. The van der Waals surface area contributed by atoms with Crippen LogP contribution in [-0.2, 0) is 21.4 Å². The van der Waals surface area contributed by atoms with Crippen LogP contribution in [0.15, 0.2) is 41.6 Å². The van der Waals surface area contributed by atoms with Gasteiger partial charge < -0.3 is 5.32 Å². The number of amides is 1. The first-order valence-electron chi connectivity index (χ1n) is 9.47. The fourth-order valence-corrected chi connectivity index (χ4v) is 4.93. The summed E-state index contributed by atoms with van der Waals surface area (Å²) in [5.41, 5.74) is -0.167. The number of carbonyl (C=O) groups is 1. The van der Waals surface area contributed by atoms with Gasteiger partial charge in [-0.15, -0.1) is 0 Å². The molecular formula is C18H22ClN5O5S. The van der Waals surface area contributed by atoms with Crippen molar-refractivity contribution in [1.29, 1.82) is 0 Å². The van der Waals surface area contributed by atoms with Crippen LogP contribution < -0.4 is 5.32 Å². The van der Waals surface area contributed by atoms with Crippen molar-refractivity contribution in [2.45, 2.75) is 30.7 Å². The topological polar surface area (TPSA) is 127 Å². The summed E-state index contributed by atoms with van der Waals surface area (Å²) >= 11 is 5.80. The Morgan fingerprint density at radius 3 is 2.50 bits per heavy atom. The summed E-state index contributed by atoms with van der Waals surface area (Å²) in [5.74, 6) is -0.326. The molecule has 0 spiro atoms. The molecule has 10 nitrogen and oxygen atoms in total. The first kappa shape index (κ1) is 22.2. The summed E-state index contributed by atoms with van der Waals surface area (Å²) < 4.78 is 28.5. The molecule has 0 bridgehead atoms. The van der Waals surface area contributed by atoms with Gasteiger partial charge in [0.15, 0.2) is 0 Å². The number of nitro benzene ring substituents is 1. The highest BCUT2D eigenvalue weighted by Gasteiger charge is 2.32. The normalized spacial score (nSPS) is 15.8. The number of carbonyl (C=O) groups excluding carboxylic acids is 1. The molecule has 162 valence electrons. The van der Waals surface area contributed by atoms with Gasteiger partial charge in [0.2, 0.25) is 15.9 Å². The smallest absolute Gasteiger partial charge is 0.269 e. The molecule has 0 radical (unpaired) electrons. The average molecular weight is 456 g/mol. The van der Waals surface area contributed by atoms with E-state index in [4.69, 9.17) is 11.6 Å². The number of rotatable bonds is 8. The number of sulfonamides is 1. The van der Waals surface area contributed by atoms with Crippen molar-refractivity contribution >= 4 is 33.2 Å². The van der Waals surface area contributed by atoms with Crippen LogP contribution in [0.25, 0.3) is 0 Å². The molecule has 2 aromatic rings. The molecule has 1 N–H and O–H groups in total.